The molecule has 92 valence electrons. The monoisotopic (exact) mass is 233 g/mol. The van der Waals surface area contributed by atoms with Gasteiger partial charge in [0.05, 0.1) is 5.69 Å². The lowest BCUT2D eigenvalue weighted by Gasteiger charge is -2.06. The molecule has 0 spiro atoms. The van der Waals surface area contributed by atoms with Gasteiger partial charge in [0.25, 0.3) is 0 Å². The van der Waals surface area contributed by atoms with E-state index in [0.29, 0.717) is 0 Å². The maximum absolute atomic E-state index is 4.61. The van der Waals surface area contributed by atoms with E-state index in [1.54, 1.807) is 0 Å². The molecule has 0 aromatic carbocycles. The number of fused-ring (bicyclic) bond motifs is 1. The Bertz CT molecular complexity index is 529. The zero-order chi connectivity index (χ0) is 12.4. The number of hydrogen-bond donors (Lipinski definition) is 1. The Hall–Kier alpha value is -1.65. The number of aryl methyl sites for hydroxylation is 3. The lowest BCUT2D eigenvalue weighted by atomic mass is 10.3. The van der Waals surface area contributed by atoms with Crippen molar-refractivity contribution in [3.63, 3.8) is 0 Å². The van der Waals surface area contributed by atoms with Crippen molar-refractivity contribution in [2.45, 2.75) is 40.2 Å². The molecule has 0 fully saturated rings. The van der Waals surface area contributed by atoms with Crippen LogP contribution in [0, 0.1) is 6.92 Å². The summed E-state index contributed by atoms with van der Waals surface area (Å²) in [6.45, 7) is 7.03. The third-order valence-electron chi connectivity index (χ3n) is 2.81. The average molecular weight is 233 g/mol. The highest BCUT2D eigenvalue weighted by Gasteiger charge is 2.14. The van der Waals surface area contributed by atoms with E-state index in [4.69, 9.17) is 0 Å². The molecule has 0 amide bonds. The molecular weight excluding hydrogens is 214 g/mol. The van der Waals surface area contributed by atoms with Gasteiger partial charge in [0.1, 0.15) is 16.9 Å². The van der Waals surface area contributed by atoms with Gasteiger partial charge >= 0.3 is 0 Å². The van der Waals surface area contributed by atoms with Crippen molar-refractivity contribution >= 4 is 16.9 Å². The molecule has 2 rings (SSSR count). The van der Waals surface area contributed by atoms with Gasteiger partial charge in [0.2, 0.25) is 0 Å². The van der Waals surface area contributed by atoms with Crippen molar-refractivity contribution in [2.24, 2.45) is 0 Å². The van der Waals surface area contributed by atoms with E-state index in [1.807, 2.05) is 18.7 Å². The SMILES string of the molecule is CCCc1nc(NC)c2c(n1)c(C)nn2CC. The van der Waals surface area contributed by atoms with Crippen molar-refractivity contribution in [3.05, 3.63) is 11.5 Å². The second kappa shape index (κ2) is 4.69. The molecule has 5 nitrogen and oxygen atoms in total. The lowest BCUT2D eigenvalue weighted by molar-refractivity contribution is 0.675. The number of hydrogen-bond acceptors (Lipinski definition) is 4. The summed E-state index contributed by atoms with van der Waals surface area (Å²) in [5, 5.41) is 7.64. The van der Waals surface area contributed by atoms with Crippen LogP contribution in [0.3, 0.4) is 0 Å². The van der Waals surface area contributed by atoms with Crippen molar-refractivity contribution in [1.82, 2.24) is 19.7 Å². The number of aromatic nitrogens is 4. The van der Waals surface area contributed by atoms with Crippen LogP contribution < -0.4 is 5.32 Å². The average Bonchev–Trinajstić information content (AvgIpc) is 2.66. The van der Waals surface area contributed by atoms with Gasteiger partial charge in [-0.3, -0.25) is 4.68 Å². The molecular formula is C12H19N5. The summed E-state index contributed by atoms with van der Waals surface area (Å²) in [5.74, 6) is 1.77. The summed E-state index contributed by atoms with van der Waals surface area (Å²) in [6.07, 6.45) is 1.96. The molecule has 5 heteroatoms. The molecule has 0 radical (unpaired) electrons. The van der Waals surface area contributed by atoms with Crippen LogP contribution in [-0.4, -0.2) is 26.8 Å². The van der Waals surface area contributed by atoms with Crippen LogP contribution in [0.25, 0.3) is 11.0 Å². The second-order valence-corrected chi connectivity index (χ2v) is 4.09. The van der Waals surface area contributed by atoms with Gasteiger partial charge in [-0.25, -0.2) is 9.97 Å². The molecule has 2 heterocycles. The third-order valence-corrected chi connectivity index (χ3v) is 2.81. The number of nitrogens with one attached hydrogen (secondary N) is 1. The minimum absolute atomic E-state index is 0.829. The lowest BCUT2D eigenvalue weighted by Crippen LogP contribution is -2.04. The molecule has 0 unspecified atom stereocenters. The molecule has 0 saturated carbocycles. The maximum Gasteiger partial charge on any atom is 0.155 e. The van der Waals surface area contributed by atoms with E-state index in [1.165, 1.54) is 0 Å². The molecule has 0 aliphatic carbocycles. The fourth-order valence-electron chi connectivity index (χ4n) is 2.01. The Balaban J connectivity index is 2.70. The minimum atomic E-state index is 0.829. The first-order chi connectivity index (χ1) is 8.21. The van der Waals surface area contributed by atoms with Crippen LogP contribution in [0.5, 0.6) is 0 Å². The predicted molar refractivity (Wildman–Crippen MR) is 69.3 cm³/mol. The van der Waals surface area contributed by atoms with E-state index in [0.717, 1.165) is 47.8 Å². The van der Waals surface area contributed by atoms with Gasteiger partial charge in [-0.2, -0.15) is 5.10 Å². The summed E-state index contributed by atoms with van der Waals surface area (Å²) in [5.41, 5.74) is 2.94. The molecule has 1 N–H and O–H groups in total. The van der Waals surface area contributed by atoms with Crippen molar-refractivity contribution in [2.75, 3.05) is 12.4 Å². The van der Waals surface area contributed by atoms with Gasteiger partial charge in [-0.15, -0.1) is 0 Å². The fraction of sp³-hybridized carbons (Fsp3) is 0.583. The first-order valence-corrected chi connectivity index (χ1v) is 6.13. The largest absolute Gasteiger partial charge is 0.371 e. The highest BCUT2D eigenvalue weighted by Crippen LogP contribution is 2.23. The Labute approximate surface area is 101 Å². The van der Waals surface area contributed by atoms with Crippen molar-refractivity contribution < 1.29 is 0 Å². The van der Waals surface area contributed by atoms with E-state index in [-0.39, 0.29) is 0 Å². The van der Waals surface area contributed by atoms with Crippen molar-refractivity contribution in [3.8, 4) is 0 Å². The van der Waals surface area contributed by atoms with Gasteiger partial charge in [-0.1, -0.05) is 6.92 Å². The van der Waals surface area contributed by atoms with E-state index >= 15 is 0 Å². The zero-order valence-electron chi connectivity index (χ0n) is 10.9. The fourth-order valence-corrected chi connectivity index (χ4v) is 2.01. The van der Waals surface area contributed by atoms with Crippen LogP contribution in [0.4, 0.5) is 5.82 Å². The quantitative estimate of drug-likeness (QED) is 0.879. The first kappa shape index (κ1) is 11.8. The summed E-state index contributed by atoms with van der Waals surface area (Å²) in [7, 11) is 1.89. The third kappa shape index (κ3) is 1.97. The maximum atomic E-state index is 4.61. The molecule has 0 saturated heterocycles. The van der Waals surface area contributed by atoms with Gasteiger partial charge in [0.15, 0.2) is 5.82 Å². The van der Waals surface area contributed by atoms with Crippen LogP contribution in [0.15, 0.2) is 0 Å². The standard InChI is InChI=1S/C12H19N5/c1-5-7-9-14-10-8(3)16-17(6-2)11(10)12(13-4)15-9/h5-7H2,1-4H3,(H,13,14,15). The summed E-state index contributed by atoms with van der Waals surface area (Å²) in [6, 6.07) is 0. The summed E-state index contributed by atoms with van der Waals surface area (Å²) < 4.78 is 1.95. The van der Waals surface area contributed by atoms with Crippen LogP contribution in [-0.2, 0) is 13.0 Å². The number of anilines is 1. The smallest absolute Gasteiger partial charge is 0.155 e. The van der Waals surface area contributed by atoms with E-state index in [2.05, 4.69) is 34.2 Å². The highest BCUT2D eigenvalue weighted by molar-refractivity contribution is 5.87. The first-order valence-electron chi connectivity index (χ1n) is 6.13. The van der Waals surface area contributed by atoms with Crippen LogP contribution in [0.1, 0.15) is 31.8 Å². The van der Waals surface area contributed by atoms with Gasteiger partial charge in [-0.05, 0) is 20.3 Å². The minimum Gasteiger partial charge on any atom is -0.371 e. The topological polar surface area (TPSA) is 55.6 Å². The van der Waals surface area contributed by atoms with Crippen molar-refractivity contribution in [1.29, 1.82) is 0 Å². The second-order valence-electron chi connectivity index (χ2n) is 4.09. The molecule has 0 aliphatic rings. The van der Waals surface area contributed by atoms with Crippen LogP contribution >= 0.6 is 0 Å². The summed E-state index contributed by atoms with van der Waals surface area (Å²) in [4.78, 5) is 9.16. The normalized spacial score (nSPS) is 11.1. The Kier molecular flexibility index (Phi) is 3.26. The van der Waals surface area contributed by atoms with E-state index < -0.39 is 0 Å². The molecule has 0 atom stereocenters. The van der Waals surface area contributed by atoms with E-state index in [9.17, 15) is 0 Å². The highest BCUT2D eigenvalue weighted by atomic mass is 15.3. The number of rotatable bonds is 4. The van der Waals surface area contributed by atoms with Crippen LogP contribution in [0.2, 0.25) is 0 Å². The molecule has 17 heavy (non-hydrogen) atoms. The molecule has 2 aromatic rings. The zero-order valence-corrected chi connectivity index (χ0v) is 10.9. The molecule has 0 aliphatic heterocycles. The van der Waals surface area contributed by atoms with Gasteiger partial charge < -0.3 is 5.32 Å². The molecule has 2 aromatic heterocycles. The molecule has 0 bridgehead atoms. The Morgan fingerprint density at radius 3 is 2.59 bits per heavy atom. The van der Waals surface area contributed by atoms with Gasteiger partial charge in [0, 0.05) is 20.0 Å². The Morgan fingerprint density at radius 2 is 2.00 bits per heavy atom. The summed E-state index contributed by atoms with van der Waals surface area (Å²) >= 11 is 0. The predicted octanol–water partition coefficient (Wildman–Crippen LogP) is 2.15. The Morgan fingerprint density at radius 1 is 1.24 bits per heavy atom. The number of nitrogens with zero attached hydrogens (tertiary/aromatic N) is 4.